The molecule has 0 saturated carbocycles. The van der Waals surface area contributed by atoms with E-state index in [0.717, 1.165) is 12.1 Å². The number of aromatic nitrogens is 2. The maximum atomic E-state index is 5.51. The van der Waals surface area contributed by atoms with Gasteiger partial charge in [-0.25, -0.2) is 9.97 Å². The molecule has 0 aromatic carbocycles. The van der Waals surface area contributed by atoms with Crippen molar-refractivity contribution in [1.29, 1.82) is 0 Å². The lowest BCUT2D eigenvalue weighted by atomic mass is 10.1. The molecule has 3 aromatic rings. The summed E-state index contributed by atoms with van der Waals surface area (Å²) in [6.07, 6.45) is 5.02. The Kier molecular flexibility index (Phi) is 4.43. The maximum Gasteiger partial charge on any atom is 0.223 e. The highest BCUT2D eigenvalue weighted by atomic mass is 16.3. The zero-order valence-electron chi connectivity index (χ0n) is 13.5. The molecule has 1 unspecified atom stereocenters. The minimum Gasteiger partial charge on any atom is -0.464 e. The minimum atomic E-state index is 0.226. The Morgan fingerprint density at radius 1 is 1.13 bits per heavy atom. The number of furan rings is 2. The average Bonchev–Trinajstić information content (AvgIpc) is 3.20. The van der Waals surface area contributed by atoms with Crippen molar-refractivity contribution in [1.82, 2.24) is 14.9 Å². The van der Waals surface area contributed by atoms with Crippen molar-refractivity contribution in [3.05, 3.63) is 43.0 Å². The highest BCUT2D eigenvalue weighted by Gasteiger charge is 2.16. The Morgan fingerprint density at radius 2 is 1.83 bits per heavy atom. The predicted molar refractivity (Wildman–Crippen MR) is 89.1 cm³/mol. The first-order chi connectivity index (χ1) is 11.1. The Morgan fingerprint density at radius 3 is 2.43 bits per heavy atom. The Hall–Kier alpha value is -2.60. The van der Waals surface area contributed by atoms with Crippen LogP contribution in [-0.2, 0) is 0 Å². The van der Waals surface area contributed by atoms with Crippen molar-refractivity contribution in [3.8, 4) is 22.8 Å². The molecule has 0 bridgehead atoms. The van der Waals surface area contributed by atoms with Gasteiger partial charge < -0.3 is 19.1 Å². The van der Waals surface area contributed by atoms with Crippen LogP contribution < -0.4 is 5.32 Å². The Labute approximate surface area is 135 Å². The van der Waals surface area contributed by atoms with Crippen molar-refractivity contribution < 1.29 is 8.83 Å². The molecule has 0 radical (unpaired) electrons. The van der Waals surface area contributed by atoms with Crippen molar-refractivity contribution in [3.63, 3.8) is 0 Å². The van der Waals surface area contributed by atoms with E-state index in [2.05, 4.69) is 27.1 Å². The molecule has 23 heavy (non-hydrogen) atoms. The quantitative estimate of drug-likeness (QED) is 0.753. The van der Waals surface area contributed by atoms with E-state index in [9.17, 15) is 0 Å². The van der Waals surface area contributed by atoms with Gasteiger partial charge in [-0.1, -0.05) is 0 Å². The molecule has 3 aromatic heterocycles. The third-order valence-corrected chi connectivity index (χ3v) is 3.34. The van der Waals surface area contributed by atoms with Gasteiger partial charge >= 0.3 is 0 Å². The van der Waals surface area contributed by atoms with Crippen LogP contribution in [-0.4, -0.2) is 41.5 Å². The minimum absolute atomic E-state index is 0.226. The molecule has 0 fully saturated rings. The van der Waals surface area contributed by atoms with E-state index in [1.165, 1.54) is 0 Å². The number of nitrogens with zero attached hydrogens (tertiary/aromatic N) is 3. The standard InChI is InChI=1S/C17H20N4O2/c1-12(11-21(2)3)19-17-18-10-13(14-6-4-8-22-14)16(20-17)15-7-5-9-23-15/h4-10,12H,11H2,1-3H3,(H,18,19,20). The molecule has 0 aliphatic heterocycles. The van der Waals surface area contributed by atoms with Crippen molar-refractivity contribution >= 4 is 5.95 Å². The van der Waals surface area contributed by atoms with Gasteiger partial charge in [0.25, 0.3) is 0 Å². The van der Waals surface area contributed by atoms with Crippen molar-refractivity contribution in [2.45, 2.75) is 13.0 Å². The van der Waals surface area contributed by atoms with E-state index in [1.807, 2.05) is 38.4 Å². The normalized spacial score (nSPS) is 12.5. The van der Waals surface area contributed by atoms with E-state index in [1.54, 1.807) is 18.7 Å². The van der Waals surface area contributed by atoms with Crippen molar-refractivity contribution in [2.75, 3.05) is 26.0 Å². The van der Waals surface area contributed by atoms with Crippen LogP contribution in [0.1, 0.15) is 6.92 Å². The first kappa shape index (κ1) is 15.3. The fourth-order valence-electron chi connectivity index (χ4n) is 2.48. The van der Waals surface area contributed by atoms with Crippen LogP contribution in [0.5, 0.6) is 0 Å². The number of hydrogen-bond donors (Lipinski definition) is 1. The van der Waals surface area contributed by atoms with Crippen LogP contribution in [0.25, 0.3) is 22.8 Å². The summed E-state index contributed by atoms with van der Waals surface area (Å²) in [5.41, 5.74) is 1.51. The zero-order chi connectivity index (χ0) is 16.2. The molecule has 1 atom stereocenters. The lowest BCUT2D eigenvalue weighted by Gasteiger charge is -2.18. The number of likely N-dealkylation sites (N-methyl/N-ethyl adjacent to an activating group) is 1. The molecule has 0 aliphatic rings. The van der Waals surface area contributed by atoms with Crippen molar-refractivity contribution in [2.24, 2.45) is 0 Å². The summed E-state index contributed by atoms with van der Waals surface area (Å²) < 4.78 is 11.0. The van der Waals surface area contributed by atoms with Gasteiger partial charge in [-0.15, -0.1) is 0 Å². The second-order valence-corrected chi connectivity index (χ2v) is 5.72. The molecular weight excluding hydrogens is 292 g/mol. The van der Waals surface area contributed by atoms with Crippen LogP contribution >= 0.6 is 0 Å². The summed E-state index contributed by atoms with van der Waals surface area (Å²) in [6, 6.07) is 7.66. The molecule has 1 N–H and O–H groups in total. The fourth-order valence-corrected chi connectivity index (χ4v) is 2.48. The summed E-state index contributed by atoms with van der Waals surface area (Å²) in [5, 5.41) is 3.31. The van der Waals surface area contributed by atoms with Gasteiger partial charge in [-0.3, -0.25) is 0 Å². The van der Waals surface area contributed by atoms with E-state index >= 15 is 0 Å². The summed E-state index contributed by atoms with van der Waals surface area (Å²) in [6.45, 7) is 2.98. The van der Waals surface area contributed by atoms with E-state index in [4.69, 9.17) is 8.83 Å². The van der Waals surface area contributed by atoms with Crippen LogP contribution in [0.4, 0.5) is 5.95 Å². The fraction of sp³-hybridized carbons (Fsp3) is 0.294. The van der Waals surface area contributed by atoms with E-state index < -0.39 is 0 Å². The van der Waals surface area contributed by atoms with Crippen LogP contribution in [0.3, 0.4) is 0 Å². The Bertz CT molecular complexity index is 736. The molecule has 0 aliphatic carbocycles. The van der Waals surface area contributed by atoms with Gasteiger partial charge in [0, 0.05) is 18.8 Å². The molecule has 3 heterocycles. The molecule has 6 nitrogen and oxygen atoms in total. The van der Waals surface area contributed by atoms with Gasteiger partial charge in [0.05, 0.1) is 18.1 Å². The Balaban J connectivity index is 1.94. The predicted octanol–water partition coefficient (Wildman–Crippen LogP) is 3.36. The monoisotopic (exact) mass is 312 g/mol. The molecule has 6 heteroatoms. The van der Waals surface area contributed by atoms with E-state index in [0.29, 0.717) is 23.2 Å². The summed E-state index contributed by atoms with van der Waals surface area (Å²) in [5.74, 6) is 1.97. The number of nitrogens with one attached hydrogen (secondary N) is 1. The lowest BCUT2D eigenvalue weighted by Crippen LogP contribution is -2.30. The van der Waals surface area contributed by atoms with Gasteiger partial charge in [0.2, 0.25) is 5.95 Å². The number of anilines is 1. The van der Waals surface area contributed by atoms with Crippen LogP contribution in [0.15, 0.2) is 51.8 Å². The molecule has 0 amide bonds. The van der Waals surface area contributed by atoms with Crippen LogP contribution in [0.2, 0.25) is 0 Å². The third-order valence-electron chi connectivity index (χ3n) is 3.34. The van der Waals surface area contributed by atoms with Gasteiger partial charge in [-0.2, -0.15) is 0 Å². The van der Waals surface area contributed by atoms with Gasteiger partial charge in [0.15, 0.2) is 5.76 Å². The van der Waals surface area contributed by atoms with Gasteiger partial charge in [-0.05, 0) is 45.3 Å². The lowest BCUT2D eigenvalue weighted by molar-refractivity contribution is 0.391. The highest BCUT2D eigenvalue weighted by molar-refractivity contribution is 5.75. The smallest absolute Gasteiger partial charge is 0.223 e. The second kappa shape index (κ2) is 6.66. The molecular formula is C17H20N4O2. The van der Waals surface area contributed by atoms with E-state index in [-0.39, 0.29) is 6.04 Å². The first-order valence-corrected chi connectivity index (χ1v) is 7.49. The molecule has 0 spiro atoms. The number of hydrogen-bond acceptors (Lipinski definition) is 6. The highest BCUT2D eigenvalue weighted by Crippen LogP contribution is 2.31. The molecule has 3 rings (SSSR count). The maximum absolute atomic E-state index is 5.51. The number of rotatable bonds is 6. The second-order valence-electron chi connectivity index (χ2n) is 5.72. The topological polar surface area (TPSA) is 67.3 Å². The molecule has 0 saturated heterocycles. The van der Waals surface area contributed by atoms with Gasteiger partial charge in [0.1, 0.15) is 11.5 Å². The van der Waals surface area contributed by atoms with Crippen LogP contribution in [0, 0.1) is 0 Å². The summed E-state index contributed by atoms with van der Waals surface area (Å²) in [7, 11) is 4.07. The zero-order valence-corrected chi connectivity index (χ0v) is 13.5. The molecule has 120 valence electrons. The SMILES string of the molecule is CC(CN(C)C)Nc1ncc(-c2ccco2)c(-c2ccco2)n1. The first-order valence-electron chi connectivity index (χ1n) is 7.49. The summed E-state index contributed by atoms with van der Waals surface area (Å²) in [4.78, 5) is 11.1. The third kappa shape index (κ3) is 3.60. The average molecular weight is 312 g/mol. The summed E-state index contributed by atoms with van der Waals surface area (Å²) >= 11 is 0. The largest absolute Gasteiger partial charge is 0.464 e.